The Morgan fingerprint density at radius 2 is 1.83 bits per heavy atom. The van der Waals surface area contributed by atoms with Gasteiger partial charge < -0.3 is 25.6 Å². The Labute approximate surface area is 201 Å². The molecule has 0 aliphatic rings. The van der Waals surface area contributed by atoms with Gasteiger partial charge in [-0.1, -0.05) is 24.3 Å². The average molecular weight is 485 g/mol. The van der Waals surface area contributed by atoms with Crippen molar-refractivity contribution in [3.05, 3.63) is 99.0 Å². The molecule has 0 aliphatic carbocycles. The summed E-state index contributed by atoms with van der Waals surface area (Å²) in [6, 6.07) is 16.3. The second-order valence-corrected chi connectivity index (χ2v) is 8.10. The zero-order chi connectivity index (χ0) is 25.4. The lowest BCUT2D eigenvalue weighted by atomic mass is 10.1. The number of anilines is 1. The number of benzene rings is 3. The summed E-state index contributed by atoms with van der Waals surface area (Å²) < 4.78 is 6.36. The SMILES string of the molecule is Nc1ccc2[nH]c(=O)n(-c3ccc(CC(NC(=O)c4nc5ccccc5o4)C(=O)O)cc3)c(=O)c2c1. The molecule has 36 heavy (non-hydrogen) atoms. The van der Waals surface area contributed by atoms with Crippen LogP contribution in [-0.2, 0) is 11.2 Å². The van der Waals surface area contributed by atoms with E-state index < -0.39 is 29.2 Å². The van der Waals surface area contributed by atoms with Gasteiger partial charge in [-0.2, -0.15) is 0 Å². The van der Waals surface area contributed by atoms with E-state index in [0.717, 1.165) is 4.57 Å². The zero-order valence-corrected chi connectivity index (χ0v) is 18.6. The number of oxazole rings is 1. The number of carboxylic acid groups (broad SMARTS) is 1. The number of nitrogens with one attached hydrogen (secondary N) is 2. The molecule has 0 fully saturated rings. The average Bonchev–Trinajstić information content (AvgIpc) is 3.30. The van der Waals surface area contributed by atoms with E-state index in [-0.39, 0.29) is 23.4 Å². The van der Waals surface area contributed by atoms with Crippen LogP contribution in [0, 0.1) is 0 Å². The highest BCUT2D eigenvalue weighted by Crippen LogP contribution is 2.16. The summed E-state index contributed by atoms with van der Waals surface area (Å²) in [5.41, 5.74) is 7.09. The van der Waals surface area contributed by atoms with Gasteiger partial charge in [0, 0.05) is 12.1 Å². The first kappa shape index (κ1) is 22.6. The number of amides is 1. The van der Waals surface area contributed by atoms with Gasteiger partial charge in [0.25, 0.3) is 11.4 Å². The molecule has 0 saturated carbocycles. The zero-order valence-electron chi connectivity index (χ0n) is 18.6. The van der Waals surface area contributed by atoms with E-state index in [1.54, 1.807) is 48.5 Å². The number of nitrogen functional groups attached to an aromatic ring is 1. The molecule has 0 aliphatic heterocycles. The quantitative estimate of drug-likeness (QED) is 0.264. The Morgan fingerprint density at radius 3 is 2.56 bits per heavy atom. The fraction of sp³-hybridized carbons (Fsp3) is 0.0800. The molecule has 1 atom stereocenters. The highest BCUT2D eigenvalue weighted by Gasteiger charge is 2.24. The molecule has 1 amide bonds. The summed E-state index contributed by atoms with van der Waals surface area (Å²) in [7, 11) is 0. The topological polar surface area (TPSA) is 173 Å². The Hall–Kier alpha value is -5.19. The number of aromatic amines is 1. The molecule has 2 heterocycles. The van der Waals surface area contributed by atoms with Crippen LogP contribution in [-0.4, -0.2) is 37.6 Å². The number of carbonyl (C=O) groups is 2. The van der Waals surface area contributed by atoms with Crippen molar-refractivity contribution < 1.29 is 19.1 Å². The monoisotopic (exact) mass is 485 g/mol. The summed E-state index contributed by atoms with van der Waals surface area (Å²) in [6.07, 6.45) is -0.0545. The summed E-state index contributed by atoms with van der Waals surface area (Å²) in [5.74, 6) is -2.25. The van der Waals surface area contributed by atoms with E-state index in [1.165, 1.54) is 18.2 Å². The van der Waals surface area contributed by atoms with Crippen LogP contribution in [0.2, 0.25) is 0 Å². The predicted molar refractivity (Wildman–Crippen MR) is 131 cm³/mol. The van der Waals surface area contributed by atoms with Crippen LogP contribution in [0.4, 0.5) is 5.69 Å². The maximum absolute atomic E-state index is 12.9. The van der Waals surface area contributed by atoms with Crippen LogP contribution in [0.25, 0.3) is 27.7 Å². The predicted octanol–water partition coefficient (Wildman–Crippen LogP) is 1.83. The summed E-state index contributed by atoms with van der Waals surface area (Å²) in [5, 5.41) is 12.3. The third-order valence-electron chi connectivity index (χ3n) is 5.65. The molecule has 180 valence electrons. The number of hydrogen-bond donors (Lipinski definition) is 4. The first-order chi connectivity index (χ1) is 17.3. The Balaban J connectivity index is 1.38. The number of carbonyl (C=O) groups excluding carboxylic acids is 1. The van der Waals surface area contributed by atoms with Gasteiger partial charge in [-0.05, 0) is 48.0 Å². The minimum atomic E-state index is -1.27. The first-order valence-electron chi connectivity index (χ1n) is 10.8. The molecule has 0 spiro atoms. The van der Waals surface area contributed by atoms with E-state index in [4.69, 9.17) is 10.2 Å². The molecule has 5 aromatic rings. The van der Waals surface area contributed by atoms with Crippen molar-refractivity contribution in [2.75, 3.05) is 5.73 Å². The molecule has 2 aromatic heterocycles. The van der Waals surface area contributed by atoms with Gasteiger partial charge in [0.15, 0.2) is 5.58 Å². The number of fused-ring (bicyclic) bond motifs is 2. The Bertz CT molecular complexity index is 1720. The fourth-order valence-electron chi connectivity index (χ4n) is 3.87. The number of rotatable bonds is 6. The van der Waals surface area contributed by atoms with Crippen LogP contribution < -0.4 is 22.3 Å². The maximum atomic E-state index is 12.9. The third-order valence-corrected chi connectivity index (χ3v) is 5.65. The molecule has 11 nitrogen and oxygen atoms in total. The van der Waals surface area contributed by atoms with E-state index in [1.807, 2.05) is 0 Å². The third kappa shape index (κ3) is 4.20. The number of para-hydroxylation sites is 2. The number of aliphatic carboxylic acids is 1. The van der Waals surface area contributed by atoms with Crippen LogP contribution in [0.1, 0.15) is 16.2 Å². The van der Waals surface area contributed by atoms with Crippen LogP contribution >= 0.6 is 0 Å². The van der Waals surface area contributed by atoms with Crippen LogP contribution in [0.3, 0.4) is 0 Å². The fourth-order valence-corrected chi connectivity index (χ4v) is 3.87. The molecular weight excluding hydrogens is 466 g/mol. The molecule has 5 N–H and O–H groups in total. The summed E-state index contributed by atoms with van der Waals surface area (Å²) >= 11 is 0. The smallest absolute Gasteiger partial charge is 0.333 e. The first-order valence-corrected chi connectivity index (χ1v) is 10.8. The van der Waals surface area contributed by atoms with Crippen molar-refractivity contribution >= 4 is 39.6 Å². The van der Waals surface area contributed by atoms with Crippen molar-refractivity contribution in [2.45, 2.75) is 12.5 Å². The lowest BCUT2D eigenvalue weighted by molar-refractivity contribution is -0.139. The molecule has 0 bridgehead atoms. The summed E-state index contributed by atoms with van der Waals surface area (Å²) in [6.45, 7) is 0. The van der Waals surface area contributed by atoms with Crippen LogP contribution in [0.15, 0.2) is 80.7 Å². The lowest BCUT2D eigenvalue weighted by Crippen LogP contribution is -2.42. The molecule has 1 unspecified atom stereocenters. The van der Waals surface area contributed by atoms with Crippen LogP contribution in [0.5, 0.6) is 0 Å². The van der Waals surface area contributed by atoms with E-state index in [9.17, 15) is 24.3 Å². The van der Waals surface area contributed by atoms with Crippen molar-refractivity contribution in [3.63, 3.8) is 0 Å². The molecular formula is C25H19N5O6. The van der Waals surface area contributed by atoms with Gasteiger partial charge in [0.1, 0.15) is 11.6 Å². The minimum Gasteiger partial charge on any atom is -0.480 e. The van der Waals surface area contributed by atoms with Gasteiger partial charge >= 0.3 is 17.6 Å². The molecule has 11 heteroatoms. The van der Waals surface area contributed by atoms with Gasteiger partial charge in [0.05, 0.1) is 16.6 Å². The lowest BCUT2D eigenvalue weighted by Gasteiger charge is -2.14. The normalized spacial score (nSPS) is 12.0. The van der Waals surface area contributed by atoms with Gasteiger partial charge in [-0.25, -0.2) is 19.1 Å². The number of nitrogens with two attached hydrogens (primary N) is 1. The largest absolute Gasteiger partial charge is 0.480 e. The minimum absolute atomic E-state index is 0.0545. The number of nitrogens with zero attached hydrogens (tertiary/aromatic N) is 2. The Kier molecular flexibility index (Phi) is 5.57. The highest BCUT2D eigenvalue weighted by atomic mass is 16.4. The standard InChI is InChI=1S/C25H19N5O6/c26-14-7-10-17-16(12-14)23(32)30(25(35)29-17)15-8-5-13(6-9-15)11-19(24(33)34)27-21(31)22-28-18-3-1-2-4-20(18)36-22/h1-10,12,19H,11,26H2,(H,27,31)(H,29,35)(H,33,34). The van der Waals surface area contributed by atoms with Crippen molar-refractivity contribution in [1.29, 1.82) is 0 Å². The Morgan fingerprint density at radius 1 is 1.08 bits per heavy atom. The van der Waals surface area contributed by atoms with E-state index >= 15 is 0 Å². The molecule has 3 aromatic carbocycles. The molecule has 5 rings (SSSR count). The van der Waals surface area contributed by atoms with E-state index in [0.29, 0.717) is 27.9 Å². The second kappa shape index (κ2) is 8.87. The maximum Gasteiger partial charge on any atom is 0.333 e. The number of aromatic nitrogens is 3. The highest BCUT2D eigenvalue weighted by molar-refractivity contribution is 5.94. The molecule has 0 radical (unpaired) electrons. The summed E-state index contributed by atoms with van der Waals surface area (Å²) in [4.78, 5) is 56.5. The van der Waals surface area contributed by atoms with Crippen molar-refractivity contribution in [1.82, 2.24) is 19.9 Å². The van der Waals surface area contributed by atoms with Gasteiger partial charge in [-0.15, -0.1) is 0 Å². The number of H-pyrrole nitrogens is 1. The van der Waals surface area contributed by atoms with Crippen molar-refractivity contribution in [2.24, 2.45) is 0 Å². The molecule has 0 saturated heterocycles. The van der Waals surface area contributed by atoms with Gasteiger partial charge in [0.2, 0.25) is 0 Å². The van der Waals surface area contributed by atoms with Crippen molar-refractivity contribution in [3.8, 4) is 5.69 Å². The number of hydrogen-bond acceptors (Lipinski definition) is 7. The van der Waals surface area contributed by atoms with Gasteiger partial charge in [-0.3, -0.25) is 9.59 Å². The van der Waals surface area contributed by atoms with E-state index in [2.05, 4.69) is 15.3 Å². The second-order valence-electron chi connectivity index (χ2n) is 8.10. The number of carboxylic acids is 1.